The summed E-state index contributed by atoms with van der Waals surface area (Å²) in [5.74, 6) is -0.252. The topological polar surface area (TPSA) is 69.7 Å². The van der Waals surface area contributed by atoms with Gasteiger partial charge in [-0.2, -0.15) is 4.31 Å². The van der Waals surface area contributed by atoms with E-state index < -0.39 is 10.0 Å². The zero-order valence-corrected chi connectivity index (χ0v) is 19.9. The summed E-state index contributed by atoms with van der Waals surface area (Å²) in [6.45, 7) is 6.69. The lowest BCUT2D eigenvalue weighted by Gasteiger charge is -2.21. The highest BCUT2D eigenvalue weighted by Crippen LogP contribution is 2.24. The van der Waals surface area contributed by atoms with Crippen LogP contribution in [0.1, 0.15) is 25.0 Å². The maximum absolute atomic E-state index is 12.9. The SMILES string of the molecule is CCN(CC)S(=O)(=O)c1cc(NC(=O)CN(C)Cc2ccc(Cl)cc2Cl)ccc1C. The van der Waals surface area contributed by atoms with Gasteiger partial charge in [0.25, 0.3) is 0 Å². The fourth-order valence-corrected chi connectivity index (χ4v) is 5.28. The van der Waals surface area contributed by atoms with Crippen molar-refractivity contribution in [1.29, 1.82) is 0 Å². The molecule has 0 radical (unpaired) electrons. The van der Waals surface area contributed by atoms with Gasteiger partial charge < -0.3 is 5.32 Å². The second kappa shape index (κ2) is 10.6. The highest BCUT2D eigenvalue weighted by molar-refractivity contribution is 7.89. The van der Waals surface area contributed by atoms with Gasteiger partial charge in [0.2, 0.25) is 15.9 Å². The number of nitrogens with one attached hydrogen (secondary N) is 1. The quantitative estimate of drug-likeness (QED) is 0.587. The number of carbonyl (C=O) groups is 1. The van der Waals surface area contributed by atoms with E-state index in [4.69, 9.17) is 23.2 Å². The van der Waals surface area contributed by atoms with Gasteiger partial charge in [-0.05, 0) is 49.4 Å². The Morgan fingerprint density at radius 3 is 2.33 bits per heavy atom. The summed E-state index contributed by atoms with van der Waals surface area (Å²) < 4.78 is 27.1. The first kappa shape index (κ1) is 24.6. The number of hydrogen-bond donors (Lipinski definition) is 1. The number of sulfonamides is 1. The number of nitrogens with zero attached hydrogens (tertiary/aromatic N) is 2. The van der Waals surface area contributed by atoms with E-state index in [1.54, 1.807) is 52.1 Å². The maximum Gasteiger partial charge on any atom is 0.243 e. The van der Waals surface area contributed by atoms with Crippen LogP contribution < -0.4 is 5.32 Å². The van der Waals surface area contributed by atoms with Crippen molar-refractivity contribution in [3.63, 3.8) is 0 Å². The van der Waals surface area contributed by atoms with Crippen LogP contribution in [0.5, 0.6) is 0 Å². The van der Waals surface area contributed by atoms with Crippen LogP contribution in [0.3, 0.4) is 0 Å². The lowest BCUT2D eigenvalue weighted by Crippen LogP contribution is -2.31. The Labute approximate surface area is 188 Å². The standard InChI is InChI=1S/C21H27Cl2N3O3S/c1-5-26(6-2)30(28,29)20-12-18(10-7-15(20)3)24-21(27)14-25(4)13-16-8-9-17(22)11-19(16)23/h7-12H,5-6,13-14H2,1-4H3,(H,24,27). The normalized spacial score (nSPS) is 11.9. The van der Waals surface area contributed by atoms with E-state index in [2.05, 4.69) is 5.32 Å². The Morgan fingerprint density at radius 1 is 1.07 bits per heavy atom. The monoisotopic (exact) mass is 471 g/mol. The molecule has 30 heavy (non-hydrogen) atoms. The third-order valence-corrected chi connectivity index (χ3v) is 7.44. The van der Waals surface area contributed by atoms with Crippen LogP contribution in [0.4, 0.5) is 5.69 Å². The van der Waals surface area contributed by atoms with Crippen molar-refractivity contribution in [3.05, 3.63) is 57.6 Å². The van der Waals surface area contributed by atoms with Crippen LogP contribution in [0.2, 0.25) is 10.0 Å². The molecule has 2 aromatic carbocycles. The summed E-state index contributed by atoms with van der Waals surface area (Å²) in [5, 5.41) is 3.88. The molecule has 1 amide bonds. The van der Waals surface area contributed by atoms with E-state index >= 15 is 0 Å². The maximum atomic E-state index is 12.9. The van der Waals surface area contributed by atoms with Crippen molar-refractivity contribution in [2.24, 2.45) is 0 Å². The third kappa shape index (κ3) is 6.18. The van der Waals surface area contributed by atoms with Crippen molar-refractivity contribution in [3.8, 4) is 0 Å². The molecule has 0 aliphatic rings. The molecule has 0 heterocycles. The molecule has 164 valence electrons. The van der Waals surface area contributed by atoms with Crippen molar-refractivity contribution >= 4 is 44.8 Å². The molecule has 2 rings (SSSR count). The van der Waals surface area contributed by atoms with E-state index in [-0.39, 0.29) is 17.3 Å². The molecule has 2 aromatic rings. The molecule has 6 nitrogen and oxygen atoms in total. The Hall–Kier alpha value is -1.64. The number of benzene rings is 2. The fraction of sp³-hybridized carbons (Fsp3) is 0.381. The van der Waals surface area contributed by atoms with Crippen molar-refractivity contribution < 1.29 is 13.2 Å². The molecule has 9 heteroatoms. The number of hydrogen-bond acceptors (Lipinski definition) is 4. The van der Waals surface area contributed by atoms with Crippen LogP contribution in [0.25, 0.3) is 0 Å². The van der Waals surface area contributed by atoms with E-state index in [0.29, 0.717) is 40.9 Å². The second-order valence-electron chi connectivity index (χ2n) is 7.03. The van der Waals surface area contributed by atoms with Gasteiger partial charge in [-0.25, -0.2) is 8.42 Å². The van der Waals surface area contributed by atoms with Gasteiger partial charge in [-0.1, -0.05) is 49.2 Å². The van der Waals surface area contributed by atoms with Crippen molar-refractivity contribution in [1.82, 2.24) is 9.21 Å². The number of carbonyl (C=O) groups excluding carboxylic acids is 1. The van der Waals surface area contributed by atoms with E-state index in [1.165, 1.54) is 10.4 Å². The third-order valence-electron chi connectivity index (χ3n) is 4.66. The summed E-state index contributed by atoms with van der Waals surface area (Å²) in [5.41, 5.74) is 1.93. The molecule has 0 fully saturated rings. The van der Waals surface area contributed by atoms with Gasteiger partial charge >= 0.3 is 0 Å². The molecule has 0 aliphatic heterocycles. The highest BCUT2D eigenvalue weighted by Gasteiger charge is 2.24. The number of aryl methyl sites for hydroxylation is 1. The van der Waals surface area contributed by atoms with Gasteiger partial charge in [0.05, 0.1) is 11.4 Å². The number of amides is 1. The lowest BCUT2D eigenvalue weighted by atomic mass is 10.2. The van der Waals surface area contributed by atoms with Crippen LogP contribution in [-0.4, -0.2) is 50.2 Å². The summed E-state index contributed by atoms with van der Waals surface area (Å²) >= 11 is 12.1. The molecule has 0 spiro atoms. The minimum Gasteiger partial charge on any atom is -0.325 e. The molecule has 0 unspecified atom stereocenters. The molecular weight excluding hydrogens is 445 g/mol. The van der Waals surface area contributed by atoms with E-state index in [1.807, 2.05) is 11.0 Å². The molecule has 0 atom stereocenters. The number of anilines is 1. The van der Waals surface area contributed by atoms with Gasteiger partial charge in [0, 0.05) is 35.4 Å². The number of likely N-dealkylation sites (N-methyl/N-ethyl adjacent to an activating group) is 1. The Morgan fingerprint density at radius 2 is 1.73 bits per heavy atom. The molecule has 0 aromatic heterocycles. The largest absolute Gasteiger partial charge is 0.325 e. The first-order valence-corrected chi connectivity index (χ1v) is 11.8. The Kier molecular flexibility index (Phi) is 8.70. The molecular formula is C21H27Cl2N3O3S. The molecule has 0 saturated carbocycles. The highest BCUT2D eigenvalue weighted by atomic mass is 35.5. The van der Waals surface area contributed by atoms with Gasteiger partial charge in [0.15, 0.2) is 0 Å². The number of rotatable bonds is 9. The average Bonchev–Trinajstić information content (AvgIpc) is 2.66. The fourth-order valence-electron chi connectivity index (χ4n) is 3.10. The molecule has 0 bridgehead atoms. The zero-order valence-electron chi connectivity index (χ0n) is 17.6. The first-order chi connectivity index (χ1) is 14.1. The van der Waals surface area contributed by atoms with Gasteiger partial charge in [-0.15, -0.1) is 0 Å². The average molecular weight is 472 g/mol. The summed E-state index contributed by atoms with van der Waals surface area (Å²) in [4.78, 5) is 14.5. The zero-order chi connectivity index (χ0) is 22.5. The summed E-state index contributed by atoms with van der Waals surface area (Å²) in [6.07, 6.45) is 0. The lowest BCUT2D eigenvalue weighted by molar-refractivity contribution is -0.117. The minimum absolute atomic E-state index is 0.116. The predicted molar refractivity (Wildman–Crippen MR) is 123 cm³/mol. The smallest absolute Gasteiger partial charge is 0.243 e. The van der Waals surface area contributed by atoms with Crippen LogP contribution >= 0.6 is 23.2 Å². The molecule has 0 aliphatic carbocycles. The Balaban J connectivity index is 2.10. The van der Waals surface area contributed by atoms with Gasteiger partial charge in [0.1, 0.15) is 0 Å². The van der Waals surface area contributed by atoms with E-state index in [0.717, 1.165) is 5.56 Å². The van der Waals surface area contributed by atoms with Crippen LogP contribution in [0.15, 0.2) is 41.3 Å². The van der Waals surface area contributed by atoms with Crippen molar-refractivity contribution in [2.75, 3.05) is 32.0 Å². The van der Waals surface area contributed by atoms with Crippen molar-refractivity contribution in [2.45, 2.75) is 32.2 Å². The first-order valence-electron chi connectivity index (χ1n) is 9.61. The summed E-state index contributed by atoms with van der Waals surface area (Å²) in [7, 11) is -1.81. The predicted octanol–water partition coefficient (Wildman–Crippen LogP) is 4.40. The van der Waals surface area contributed by atoms with Crippen LogP contribution in [-0.2, 0) is 21.4 Å². The Bertz CT molecular complexity index is 1010. The molecule has 1 N–H and O–H groups in total. The van der Waals surface area contributed by atoms with Gasteiger partial charge in [-0.3, -0.25) is 9.69 Å². The van der Waals surface area contributed by atoms with Crippen LogP contribution in [0, 0.1) is 6.92 Å². The number of halogens is 2. The molecule has 0 saturated heterocycles. The second-order valence-corrected chi connectivity index (χ2v) is 9.78. The minimum atomic E-state index is -3.62. The summed E-state index contributed by atoms with van der Waals surface area (Å²) in [6, 6.07) is 10.1. The van der Waals surface area contributed by atoms with E-state index in [9.17, 15) is 13.2 Å².